The van der Waals surface area contributed by atoms with E-state index in [0.717, 1.165) is 35.5 Å². The molecule has 2 heterocycles. The van der Waals surface area contributed by atoms with Crippen molar-refractivity contribution < 1.29 is 0 Å². The molecule has 0 aliphatic carbocycles. The van der Waals surface area contributed by atoms with E-state index in [1.165, 1.54) is 12.8 Å². The fourth-order valence-electron chi connectivity index (χ4n) is 2.95. The molecule has 5 heteroatoms. The van der Waals surface area contributed by atoms with E-state index in [1.54, 1.807) is 4.40 Å². The number of halogens is 1. The molecule has 3 aromatic rings. The summed E-state index contributed by atoms with van der Waals surface area (Å²) in [5, 5.41) is 0.688. The van der Waals surface area contributed by atoms with Crippen molar-refractivity contribution in [1.82, 2.24) is 14.0 Å². The Balaban J connectivity index is 2.16. The third kappa shape index (κ3) is 2.98. The molecule has 0 aliphatic rings. The Kier molecular flexibility index (Phi) is 4.76. The highest BCUT2D eigenvalue weighted by Gasteiger charge is 2.14. The van der Waals surface area contributed by atoms with Gasteiger partial charge in [-0.25, -0.2) is 4.98 Å². The maximum atomic E-state index is 12.6. The fraction of sp³-hybridized carbons (Fsp3) is 0.368. The fourth-order valence-corrected chi connectivity index (χ4v) is 3.07. The first-order chi connectivity index (χ1) is 11.5. The van der Waals surface area contributed by atoms with Crippen LogP contribution in [0.1, 0.15) is 37.4 Å². The minimum atomic E-state index is 0.00181. The number of fused-ring (bicyclic) bond motifs is 1. The number of rotatable bonds is 5. The second kappa shape index (κ2) is 6.81. The van der Waals surface area contributed by atoms with Crippen molar-refractivity contribution >= 4 is 17.4 Å². The topological polar surface area (TPSA) is 39.3 Å². The van der Waals surface area contributed by atoms with E-state index in [-0.39, 0.29) is 5.56 Å². The van der Waals surface area contributed by atoms with Crippen LogP contribution in [0.15, 0.2) is 35.3 Å². The summed E-state index contributed by atoms with van der Waals surface area (Å²) in [6.07, 6.45) is 5.24. The van der Waals surface area contributed by atoms with Gasteiger partial charge in [0, 0.05) is 34.6 Å². The van der Waals surface area contributed by atoms with Crippen molar-refractivity contribution in [2.45, 2.75) is 46.6 Å². The van der Waals surface area contributed by atoms with E-state index in [4.69, 9.17) is 16.6 Å². The van der Waals surface area contributed by atoms with Crippen LogP contribution in [0.4, 0.5) is 0 Å². The first-order valence-electron chi connectivity index (χ1n) is 8.38. The van der Waals surface area contributed by atoms with Gasteiger partial charge in [0.15, 0.2) is 0 Å². The summed E-state index contributed by atoms with van der Waals surface area (Å²) in [6.45, 7) is 6.95. The summed E-state index contributed by atoms with van der Waals surface area (Å²) in [7, 11) is 0. The molecule has 0 amide bonds. The molecule has 0 bridgehead atoms. The normalized spacial score (nSPS) is 11.3. The zero-order valence-corrected chi connectivity index (χ0v) is 15.1. The van der Waals surface area contributed by atoms with Crippen LogP contribution in [0.5, 0.6) is 0 Å². The van der Waals surface area contributed by atoms with Crippen LogP contribution in [0.2, 0.25) is 5.02 Å². The first-order valence-corrected chi connectivity index (χ1v) is 8.75. The predicted octanol–water partition coefficient (Wildman–Crippen LogP) is 4.62. The number of aryl methyl sites for hydroxylation is 1. The van der Waals surface area contributed by atoms with Crippen LogP contribution >= 0.6 is 11.6 Å². The maximum absolute atomic E-state index is 12.6. The van der Waals surface area contributed by atoms with Gasteiger partial charge >= 0.3 is 0 Å². The van der Waals surface area contributed by atoms with Gasteiger partial charge in [0.25, 0.3) is 5.56 Å². The number of hydrogen-bond acceptors (Lipinski definition) is 2. The zero-order chi connectivity index (χ0) is 17.3. The zero-order valence-electron chi connectivity index (χ0n) is 14.3. The van der Waals surface area contributed by atoms with Crippen LogP contribution in [0.3, 0.4) is 0 Å². The predicted molar refractivity (Wildman–Crippen MR) is 98.9 cm³/mol. The van der Waals surface area contributed by atoms with Crippen molar-refractivity contribution in [2.75, 3.05) is 0 Å². The molecule has 0 atom stereocenters. The van der Waals surface area contributed by atoms with Crippen molar-refractivity contribution in [3.05, 3.63) is 57.1 Å². The van der Waals surface area contributed by atoms with E-state index >= 15 is 0 Å². The lowest BCUT2D eigenvalue weighted by molar-refractivity contribution is 0.588. The lowest BCUT2D eigenvalue weighted by atomic mass is 10.2. The van der Waals surface area contributed by atoms with Gasteiger partial charge in [-0.15, -0.1) is 0 Å². The standard InChI is InChI=1S/C19H22ClN3O/c1-4-5-6-11-22-14(3)13(2)18(24)23-12-17(21-19(22)23)15-7-9-16(20)10-8-15/h7-10,12H,4-6,11H2,1-3H3. The maximum Gasteiger partial charge on any atom is 0.262 e. The molecule has 2 aromatic heterocycles. The second-order valence-electron chi connectivity index (χ2n) is 6.18. The van der Waals surface area contributed by atoms with Gasteiger partial charge in [-0.05, 0) is 32.4 Å². The van der Waals surface area contributed by atoms with Gasteiger partial charge in [0.1, 0.15) is 0 Å². The van der Waals surface area contributed by atoms with Gasteiger partial charge in [0.2, 0.25) is 5.78 Å². The first kappa shape index (κ1) is 16.8. The summed E-state index contributed by atoms with van der Waals surface area (Å²) in [6, 6.07) is 7.53. The average molecular weight is 344 g/mol. The molecule has 0 fully saturated rings. The van der Waals surface area contributed by atoms with E-state index in [2.05, 4.69) is 11.5 Å². The molecule has 126 valence electrons. The van der Waals surface area contributed by atoms with Crippen molar-refractivity contribution in [3.63, 3.8) is 0 Å². The largest absolute Gasteiger partial charge is 0.315 e. The van der Waals surface area contributed by atoms with Crippen molar-refractivity contribution in [1.29, 1.82) is 0 Å². The quantitative estimate of drug-likeness (QED) is 0.634. The Bertz CT molecular complexity index is 922. The summed E-state index contributed by atoms with van der Waals surface area (Å²) in [5.41, 5.74) is 3.52. The molecule has 0 unspecified atom stereocenters. The van der Waals surface area contributed by atoms with Crippen molar-refractivity contribution in [3.8, 4) is 11.3 Å². The van der Waals surface area contributed by atoms with E-state index < -0.39 is 0 Å². The highest BCUT2D eigenvalue weighted by molar-refractivity contribution is 6.30. The van der Waals surface area contributed by atoms with E-state index in [0.29, 0.717) is 10.8 Å². The number of aromatic nitrogens is 3. The Morgan fingerprint density at radius 3 is 2.50 bits per heavy atom. The van der Waals surface area contributed by atoms with Crippen LogP contribution in [0, 0.1) is 13.8 Å². The molecule has 3 rings (SSSR count). The molecule has 0 saturated heterocycles. The van der Waals surface area contributed by atoms with Gasteiger partial charge in [0.05, 0.1) is 5.69 Å². The molecule has 0 saturated carbocycles. The van der Waals surface area contributed by atoms with E-state index in [1.807, 2.05) is 44.3 Å². The Labute approximate surface area is 146 Å². The SMILES string of the molecule is CCCCCn1c(C)c(C)c(=O)n2cc(-c3ccc(Cl)cc3)nc12. The highest BCUT2D eigenvalue weighted by Crippen LogP contribution is 2.22. The molecular formula is C19H22ClN3O. The highest BCUT2D eigenvalue weighted by atomic mass is 35.5. The van der Waals surface area contributed by atoms with Crippen LogP contribution in [0.25, 0.3) is 17.0 Å². The van der Waals surface area contributed by atoms with Crippen LogP contribution < -0.4 is 5.56 Å². The molecule has 1 aromatic carbocycles. The summed E-state index contributed by atoms with van der Waals surface area (Å²) < 4.78 is 3.82. The monoisotopic (exact) mass is 343 g/mol. The number of hydrogen-bond donors (Lipinski definition) is 0. The molecule has 0 aliphatic heterocycles. The Hall–Kier alpha value is -2.07. The molecule has 4 nitrogen and oxygen atoms in total. The lowest BCUT2D eigenvalue weighted by Gasteiger charge is -2.14. The second-order valence-corrected chi connectivity index (χ2v) is 6.61. The Morgan fingerprint density at radius 2 is 1.83 bits per heavy atom. The molecule has 24 heavy (non-hydrogen) atoms. The lowest BCUT2D eigenvalue weighted by Crippen LogP contribution is -2.23. The number of unbranched alkanes of at least 4 members (excludes halogenated alkanes) is 2. The third-order valence-corrected chi connectivity index (χ3v) is 4.79. The number of benzene rings is 1. The minimum absolute atomic E-state index is 0.00181. The molecule has 0 spiro atoms. The summed E-state index contributed by atoms with van der Waals surface area (Å²) >= 11 is 5.96. The van der Waals surface area contributed by atoms with Gasteiger partial charge in [-0.1, -0.05) is 43.5 Å². The van der Waals surface area contributed by atoms with Crippen LogP contribution in [-0.2, 0) is 6.54 Å². The summed E-state index contributed by atoms with van der Waals surface area (Å²) in [4.78, 5) is 17.4. The van der Waals surface area contributed by atoms with E-state index in [9.17, 15) is 4.79 Å². The smallest absolute Gasteiger partial charge is 0.262 e. The summed E-state index contributed by atoms with van der Waals surface area (Å²) in [5.74, 6) is 0.712. The Morgan fingerprint density at radius 1 is 1.12 bits per heavy atom. The molecule has 0 radical (unpaired) electrons. The van der Waals surface area contributed by atoms with Crippen molar-refractivity contribution in [2.24, 2.45) is 0 Å². The van der Waals surface area contributed by atoms with Gasteiger partial charge in [-0.2, -0.15) is 0 Å². The van der Waals surface area contributed by atoms with Gasteiger partial charge < -0.3 is 4.57 Å². The number of nitrogens with zero attached hydrogens (tertiary/aromatic N) is 3. The molecular weight excluding hydrogens is 322 g/mol. The number of imidazole rings is 1. The van der Waals surface area contributed by atoms with Crippen LogP contribution in [-0.4, -0.2) is 14.0 Å². The minimum Gasteiger partial charge on any atom is -0.315 e. The van der Waals surface area contributed by atoms with Gasteiger partial charge in [-0.3, -0.25) is 9.20 Å². The third-order valence-electron chi connectivity index (χ3n) is 4.54. The molecule has 0 N–H and O–H groups in total. The average Bonchev–Trinajstić information content (AvgIpc) is 3.02.